The van der Waals surface area contributed by atoms with Gasteiger partial charge in [0.05, 0.1) is 4.92 Å². The zero-order valence-corrected chi connectivity index (χ0v) is 9.55. The Labute approximate surface area is 99.1 Å². The van der Waals surface area contributed by atoms with E-state index < -0.39 is 10.8 Å². The van der Waals surface area contributed by atoms with Crippen LogP contribution >= 0.6 is 0 Å². The van der Waals surface area contributed by atoms with Crippen LogP contribution in [0.5, 0.6) is 0 Å². The van der Waals surface area contributed by atoms with Crippen molar-refractivity contribution >= 4 is 11.6 Å². The number of benzene rings is 1. The lowest BCUT2D eigenvalue weighted by Crippen LogP contribution is -2.13. The van der Waals surface area contributed by atoms with E-state index in [1.807, 2.05) is 6.92 Å². The van der Waals surface area contributed by atoms with Crippen molar-refractivity contribution in [1.82, 2.24) is 0 Å². The Bertz CT molecular complexity index is 449. The normalized spacial score (nSPS) is 11.2. The maximum atomic E-state index is 11.0. The number of primary amides is 1. The van der Waals surface area contributed by atoms with E-state index in [2.05, 4.69) is 0 Å². The molecule has 1 rings (SSSR count). The van der Waals surface area contributed by atoms with Gasteiger partial charge in [0.2, 0.25) is 5.91 Å². The molecule has 90 valence electrons. The summed E-state index contributed by atoms with van der Waals surface area (Å²) in [6.45, 7) is 1.85. The summed E-state index contributed by atoms with van der Waals surface area (Å²) in [6.07, 6.45) is 2.88. The second-order valence-corrected chi connectivity index (χ2v) is 3.57. The molecule has 0 unspecified atom stereocenters. The van der Waals surface area contributed by atoms with Gasteiger partial charge >= 0.3 is 0 Å². The van der Waals surface area contributed by atoms with Crippen molar-refractivity contribution in [2.45, 2.75) is 19.8 Å². The van der Waals surface area contributed by atoms with E-state index in [0.717, 1.165) is 5.56 Å². The van der Waals surface area contributed by atoms with Crippen LogP contribution in [-0.4, -0.2) is 10.8 Å². The number of allylic oxidation sites excluding steroid dienone is 1. The molecule has 5 heteroatoms. The number of non-ortho nitro benzene ring substituents is 1. The van der Waals surface area contributed by atoms with Gasteiger partial charge in [-0.1, -0.05) is 25.1 Å². The minimum absolute atomic E-state index is 0.0587. The van der Waals surface area contributed by atoms with Crippen molar-refractivity contribution in [3.8, 4) is 0 Å². The van der Waals surface area contributed by atoms with Crippen LogP contribution in [0.25, 0.3) is 0 Å². The number of amides is 1. The molecule has 1 aromatic rings. The molecule has 1 amide bonds. The summed E-state index contributed by atoms with van der Waals surface area (Å²) in [4.78, 5) is 21.0. The number of rotatable bonds is 5. The molecule has 0 aliphatic heterocycles. The average Bonchev–Trinajstić information content (AvgIpc) is 2.30. The predicted octanol–water partition coefficient (Wildman–Crippen LogP) is 1.96. The first-order valence-electron chi connectivity index (χ1n) is 5.26. The molecule has 5 nitrogen and oxygen atoms in total. The van der Waals surface area contributed by atoms with E-state index in [-0.39, 0.29) is 5.69 Å². The molecule has 0 aliphatic carbocycles. The number of hydrogen-bond acceptors (Lipinski definition) is 3. The van der Waals surface area contributed by atoms with E-state index in [1.54, 1.807) is 18.2 Å². The first-order chi connectivity index (χ1) is 8.04. The lowest BCUT2D eigenvalue weighted by atomic mass is 10.1. The number of carbonyl (C=O) groups excluding carboxylic acids is 1. The average molecular weight is 234 g/mol. The van der Waals surface area contributed by atoms with E-state index in [0.29, 0.717) is 18.4 Å². The molecule has 0 atom stereocenters. The van der Waals surface area contributed by atoms with Gasteiger partial charge in [-0.25, -0.2) is 0 Å². The van der Waals surface area contributed by atoms with Crippen LogP contribution < -0.4 is 5.73 Å². The Morgan fingerprint density at radius 3 is 2.41 bits per heavy atom. The number of nitro benzene ring substituents is 1. The topological polar surface area (TPSA) is 86.2 Å². The Balaban J connectivity index is 2.76. The van der Waals surface area contributed by atoms with Crippen molar-refractivity contribution in [1.29, 1.82) is 0 Å². The van der Waals surface area contributed by atoms with Crippen LogP contribution in [0.15, 0.2) is 35.9 Å². The van der Waals surface area contributed by atoms with Crippen molar-refractivity contribution in [2.24, 2.45) is 5.73 Å². The van der Waals surface area contributed by atoms with Crippen molar-refractivity contribution < 1.29 is 9.72 Å². The van der Waals surface area contributed by atoms with Crippen molar-refractivity contribution in [3.63, 3.8) is 0 Å². The highest BCUT2D eigenvalue weighted by Gasteiger charge is 2.04. The quantitative estimate of drug-likeness (QED) is 0.480. The molecule has 0 bridgehead atoms. The van der Waals surface area contributed by atoms with Gasteiger partial charge in [0.25, 0.3) is 5.69 Å². The summed E-state index contributed by atoms with van der Waals surface area (Å²) >= 11 is 0. The van der Waals surface area contributed by atoms with E-state index in [9.17, 15) is 14.9 Å². The van der Waals surface area contributed by atoms with Gasteiger partial charge < -0.3 is 5.73 Å². The van der Waals surface area contributed by atoms with Gasteiger partial charge in [-0.05, 0) is 18.4 Å². The van der Waals surface area contributed by atoms with Gasteiger partial charge in [0.1, 0.15) is 0 Å². The summed E-state index contributed by atoms with van der Waals surface area (Å²) in [5.74, 6) is -0.422. The van der Waals surface area contributed by atoms with Crippen LogP contribution in [0.4, 0.5) is 5.69 Å². The Hall–Kier alpha value is -2.17. The molecule has 17 heavy (non-hydrogen) atoms. The van der Waals surface area contributed by atoms with Gasteiger partial charge in [-0.15, -0.1) is 0 Å². The molecule has 0 saturated heterocycles. The Kier molecular flexibility index (Phi) is 4.39. The minimum atomic E-state index is -0.444. The Morgan fingerprint density at radius 1 is 1.41 bits per heavy atom. The maximum absolute atomic E-state index is 11.0. The van der Waals surface area contributed by atoms with Crippen LogP contribution in [-0.2, 0) is 11.2 Å². The fraction of sp³-hybridized carbons (Fsp3) is 0.250. The molecule has 2 N–H and O–H groups in total. The molecule has 0 aromatic heterocycles. The van der Waals surface area contributed by atoms with E-state index in [4.69, 9.17) is 5.73 Å². The highest BCUT2D eigenvalue weighted by atomic mass is 16.6. The number of nitrogens with zero attached hydrogens (tertiary/aromatic N) is 1. The zero-order valence-electron chi connectivity index (χ0n) is 9.55. The highest BCUT2D eigenvalue weighted by molar-refractivity contribution is 5.91. The minimum Gasteiger partial charge on any atom is -0.366 e. The molecular weight excluding hydrogens is 220 g/mol. The van der Waals surface area contributed by atoms with Gasteiger partial charge in [0, 0.05) is 17.7 Å². The lowest BCUT2D eigenvalue weighted by Gasteiger charge is -2.00. The molecule has 0 aliphatic rings. The van der Waals surface area contributed by atoms with Crippen LogP contribution in [0.2, 0.25) is 0 Å². The third-order valence-electron chi connectivity index (χ3n) is 2.43. The molecule has 0 heterocycles. The lowest BCUT2D eigenvalue weighted by molar-refractivity contribution is -0.384. The second-order valence-electron chi connectivity index (χ2n) is 3.57. The monoisotopic (exact) mass is 234 g/mol. The van der Waals surface area contributed by atoms with E-state index in [1.165, 1.54) is 12.1 Å². The first-order valence-corrected chi connectivity index (χ1v) is 5.26. The van der Waals surface area contributed by atoms with Crippen molar-refractivity contribution in [3.05, 3.63) is 51.6 Å². The molecule has 0 radical (unpaired) electrons. The predicted molar refractivity (Wildman–Crippen MR) is 64.4 cm³/mol. The summed E-state index contributed by atoms with van der Waals surface area (Å²) in [5.41, 5.74) is 6.72. The maximum Gasteiger partial charge on any atom is 0.269 e. The Morgan fingerprint density at radius 2 is 2.00 bits per heavy atom. The second kappa shape index (κ2) is 5.79. The fourth-order valence-electron chi connectivity index (χ4n) is 1.41. The zero-order chi connectivity index (χ0) is 12.8. The van der Waals surface area contributed by atoms with Gasteiger partial charge in [-0.2, -0.15) is 0 Å². The third-order valence-corrected chi connectivity index (χ3v) is 2.43. The van der Waals surface area contributed by atoms with Crippen LogP contribution in [0.3, 0.4) is 0 Å². The highest BCUT2D eigenvalue weighted by Crippen LogP contribution is 2.13. The van der Waals surface area contributed by atoms with Gasteiger partial charge in [-0.3, -0.25) is 14.9 Å². The molecule has 0 saturated carbocycles. The van der Waals surface area contributed by atoms with Crippen molar-refractivity contribution in [2.75, 3.05) is 0 Å². The third kappa shape index (κ3) is 3.71. The first kappa shape index (κ1) is 12.9. The number of nitrogens with two attached hydrogens (primary N) is 1. The molecular formula is C12H14N2O3. The standard InChI is InChI=1S/C12H14N2O3/c1-2-10(12(13)15)6-3-9-4-7-11(8-5-9)14(16)17/h4-8H,2-3H2,1H3,(H2,13,15)/b10-6+. The van der Waals surface area contributed by atoms with Crippen LogP contribution in [0.1, 0.15) is 18.9 Å². The number of carbonyl (C=O) groups is 1. The summed E-state index contributed by atoms with van der Waals surface area (Å²) in [5, 5.41) is 10.4. The summed E-state index contributed by atoms with van der Waals surface area (Å²) in [6, 6.07) is 6.23. The van der Waals surface area contributed by atoms with Gasteiger partial charge in [0.15, 0.2) is 0 Å². The van der Waals surface area contributed by atoms with Crippen LogP contribution in [0, 0.1) is 10.1 Å². The summed E-state index contributed by atoms with van der Waals surface area (Å²) < 4.78 is 0. The van der Waals surface area contributed by atoms with E-state index >= 15 is 0 Å². The smallest absolute Gasteiger partial charge is 0.269 e. The molecule has 0 fully saturated rings. The number of nitro groups is 1. The fourth-order valence-corrected chi connectivity index (χ4v) is 1.41. The molecule has 1 aromatic carbocycles. The largest absolute Gasteiger partial charge is 0.366 e. The summed E-state index contributed by atoms with van der Waals surface area (Å²) in [7, 11) is 0. The number of hydrogen-bond donors (Lipinski definition) is 1. The SMILES string of the molecule is CC/C(=C\Cc1ccc([N+](=O)[O-])cc1)C(N)=O. The molecule has 0 spiro atoms.